The van der Waals surface area contributed by atoms with Crippen LogP contribution in [-0.4, -0.2) is 45.5 Å². The van der Waals surface area contributed by atoms with E-state index in [9.17, 15) is 14.7 Å². The molecule has 1 amide bonds. The molecule has 1 atom stereocenters. The summed E-state index contributed by atoms with van der Waals surface area (Å²) in [5, 5.41) is 17.2. The number of nitrogens with one attached hydrogen (secondary N) is 1. The number of aliphatic carboxylic acids is 1. The monoisotopic (exact) mass is 309 g/mol. The van der Waals surface area contributed by atoms with Crippen molar-refractivity contribution < 1.29 is 19.4 Å². The third kappa shape index (κ3) is 2.20. The number of aromatic nitrogens is 2. The van der Waals surface area contributed by atoms with Crippen molar-refractivity contribution in [2.75, 3.05) is 13.2 Å². The minimum atomic E-state index is -1.32. The second kappa shape index (κ2) is 4.81. The van der Waals surface area contributed by atoms with Crippen LogP contribution in [-0.2, 0) is 16.6 Å². The average molecular weight is 309 g/mol. The van der Waals surface area contributed by atoms with Crippen molar-refractivity contribution in [3.05, 3.63) is 16.6 Å². The van der Waals surface area contributed by atoms with E-state index in [1.54, 1.807) is 10.7 Å². The van der Waals surface area contributed by atoms with Crippen molar-refractivity contribution in [1.82, 2.24) is 15.1 Å². The fourth-order valence-corrected chi connectivity index (χ4v) is 3.50. The molecule has 2 aromatic rings. The molecule has 1 aliphatic heterocycles. The van der Waals surface area contributed by atoms with Gasteiger partial charge in [0.1, 0.15) is 4.83 Å². The van der Waals surface area contributed by atoms with Crippen molar-refractivity contribution >= 4 is 33.4 Å². The van der Waals surface area contributed by atoms with Crippen molar-refractivity contribution in [1.29, 1.82) is 0 Å². The Balaban J connectivity index is 1.90. The van der Waals surface area contributed by atoms with Gasteiger partial charge in [0.2, 0.25) is 0 Å². The first-order valence-electron chi connectivity index (χ1n) is 6.50. The summed E-state index contributed by atoms with van der Waals surface area (Å²) in [7, 11) is 1.82. The Morgan fingerprint density at radius 1 is 1.57 bits per heavy atom. The summed E-state index contributed by atoms with van der Waals surface area (Å²) in [6.45, 7) is 2.21. The van der Waals surface area contributed by atoms with Crippen LogP contribution < -0.4 is 5.32 Å². The molecule has 2 aromatic heterocycles. The summed E-state index contributed by atoms with van der Waals surface area (Å²) in [5.74, 6) is -1.45. The molecule has 1 fully saturated rings. The lowest BCUT2D eigenvalue weighted by Crippen LogP contribution is -2.55. The van der Waals surface area contributed by atoms with Gasteiger partial charge in [-0.25, -0.2) is 4.79 Å². The first-order chi connectivity index (χ1) is 9.93. The molecular formula is C13H15N3O4S. The predicted octanol–water partition coefficient (Wildman–Crippen LogP) is 0.917. The molecule has 0 bridgehead atoms. The number of fused-ring (bicyclic) bond motifs is 1. The Bertz CT molecular complexity index is 693. The van der Waals surface area contributed by atoms with Crippen molar-refractivity contribution in [2.24, 2.45) is 7.05 Å². The van der Waals surface area contributed by atoms with E-state index in [1.165, 1.54) is 11.3 Å². The number of carbonyl (C=O) groups excluding carboxylic acids is 1. The van der Waals surface area contributed by atoms with Crippen LogP contribution in [0.15, 0.2) is 6.07 Å². The Labute approximate surface area is 124 Å². The van der Waals surface area contributed by atoms with Gasteiger partial charge in [0.25, 0.3) is 5.91 Å². The van der Waals surface area contributed by atoms with E-state index in [4.69, 9.17) is 4.74 Å². The van der Waals surface area contributed by atoms with E-state index in [0.29, 0.717) is 11.5 Å². The molecule has 7 nitrogen and oxygen atoms in total. The molecule has 0 spiro atoms. The molecule has 21 heavy (non-hydrogen) atoms. The number of carbonyl (C=O) groups is 2. The number of aryl methyl sites for hydroxylation is 2. The van der Waals surface area contributed by atoms with Crippen LogP contribution in [0.3, 0.4) is 0 Å². The zero-order chi connectivity index (χ0) is 15.2. The van der Waals surface area contributed by atoms with Gasteiger partial charge >= 0.3 is 5.97 Å². The van der Waals surface area contributed by atoms with Crippen molar-refractivity contribution in [3.63, 3.8) is 0 Å². The summed E-state index contributed by atoms with van der Waals surface area (Å²) >= 11 is 1.30. The Kier molecular flexibility index (Phi) is 3.22. The predicted molar refractivity (Wildman–Crippen MR) is 76.6 cm³/mol. The molecule has 0 aromatic carbocycles. The molecule has 2 N–H and O–H groups in total. The molecule has 0 aliphatic carbocycles. The lowest BCUT2D eigenvalue weighted by Gasteiger charge is -2.23. The lowest BCUT2D eigenvalue weighted by atomic mass is 9.99. The van der Waals surface area contributed by atoms with Crippen LogP contribution in [0.1, 0.15) is 21.8 Å². The zero-order valence-corrected chi connectivity index (χ0v) is 12.5. The van der Waals surface area contributed by atoms with E-state index in [1.807, 2.05) is 14.0 Å². The average Bonchev–Trinajstić information content (AvgIpc) is 3.09. The highest BCUT2D eigenvalue weighted by molar-refractivity contribution is 7.20. The van der Waals surface area contributed by atoms with Crippen LogP contribution in [0, 0.1) is 6.92 Å². The SMILES string of the molecule is Cc1nn(C)c2sc(C(=O)NC3(C(=O)O)CCOC3)cc12. The van der Waals surface area contributed by atoms with Gasteiger partial charge in [-0.2, -0.15) is 5.10 Å². The van der Waals surface area contributed by atoms with E-state index < -0.39 is 11.5 Å². The molecule has 0 radical (unpaired) electrons. The highest BCUT2D eigenvalue weighted by Gasteiger charge is 2.44. The zero-order valence-electron chi connectivity index (χ0n) is 11.7. The number of carboxylic acid groups (broad SMARTS) is 1. The highest BCUT2D eigenvalue weighted by atomic mass is 32.1. The van der Waals surface area contributed by atoms with Gasteiger partial charge < -0.3 is 15.2 Å². The molecule has 3 heterocycles. The maximum absolute atomic E-state index is 12.4. The Morgan fingerprint density at radius 3 is 2.90 bits per heavy atom. The van der Waals surface area contributed by atoms with E-state index in [0.717, 1.165) is 15.9 Å². The minimum Gasteiger partial charge on any atom is -0.479 e. The third-order valence-corrected chi connectivity index (χ3v) is 4.90. The molecule has 1 unspecified atom stereocenters. The van der Waals surface area contributed by atoms with Crippen LogP contribution >= 0.6 is 11.3 Å². The highest BCUT2D eigenvalue weighted by Crippen LogP contribution is 2.28. The maximum Gasteiger partial charge on any atom is 0.331 e. The summed E-state index contributed by atoms with van der Waals surface area (Å²) in [6.07, 6.45) is 0.277. The van der Waals surface area contributed by atoms with Crippen LogP contribution in [0.2, 0.25) is 0 Å². The first-order valence-corrected chi connectivity index (χ1v) is 7.31. The number of thiophene rings is 1. The number of ether oxygens (including phenoxy) is 1. The van der Waals surface area contributed by atoms with Gasteiger partial charge in [0.05, 0.1) is 17.2 Å². The number of amides is 1. The van der Waals surface area contributed by atoms with Gasteiger partial charge in [-0.05, 0) is 13.0 Å². The summed E-state index contributed by atoms with van der Waals surface area (Å²) in [4.78, 5) is 25.1. The van der Waals surface area contributed by atoms with Gasteiger partial charge in [-0.15, -0.1) is 11.3 Å². The number of nitrogens with zero attached hydrogens (tertiary/aromatic N) is 2. The number of hydrogen-bond acceptors (Lipinski definition) is 5. The van der Waals surface area contributed by atoms with Crippen LogP contribution in [0.5, 0.6) is 0 Å². The summed E-state index contributed by atoms with van der Waals surface area (Å²) < 4.78 is 6.85. The number of hydrogen-bond donors (Lipinski definition) is 2. The smallest absolute Gasteiger partial charge is 0.331 e. The molecule has 3 rings (SSSR count). The standard InChI is InChI=1S/C13H15N3O4S/c1-7-8-5-9(21-11(8)16(2)15-7)10(17)14-13(12(18)19)3-4-20-6-13/h5H,3-4,6H2,1-2H3,(H,14,17)(H,18,19). The van der Waals surface area contributed by atoms with Crippen LogP contribution in [0.4, 0.5) is 0 Å². The minimum absolute atomic E-state index is 0.000445. The fraction of sp³-hybridized carbons (Fsp3) is 0.462. The van der Waals surface area contributed by atoms with Gasteiger partial charge in [-0.3, -0.25) is 9.48 Å². The Hall–Kier alpha value is -1.93. The normalized spacial score (nSPS) is 21.8. The van der Waals surface area contributed by atoms with Crippen LogP contribution in [0.25, 0.3) is 10.2 Å². The first kappa shape index (κ1) is 14.0. The second-order valence-electron chi connectivity index (χ2n) is 5.18. The maximum atomic E-state index is 12.4. The van der Waals surface area contributed by atoms with Crippen molar-refractivity contribution in [2.45, 2.75) is 18.9 Å². The fourth-order valence-electron chi connectivity index (χ4n) is 2.48. The Morgan fingerprint density at radius 2 is 2.33 bits per heavy atom. The lowest BCUT2D eigenvalue weighted by molar-refractivity contribution is -0.144. The second-order valence-corrected chi connectivity index (χ2v) is 6.21. The molecular weight excluding hydrogens is 294 g/mol. The van der Waals surface area contributed by atoms with Gasteiger partial charge in [-0.1, -0.05) is 0 Å². The molecule has 112 valence electrons. The molecule has 1 saturated heterocycles. The van der Waals surface area contributed by atoms with E-state index in [-0.39, 0.29) is 18.9 Å². The molecule has 0 saturated carbocycles. The number of rotatable bonds is 3. The third-order valence-electron chi connectivity index (χ3n) is 3.70. The largest absolute Gasteiger partial charge is 0.479 e. The topological polar surface area (TPSA) is 93.5 Å². The summed E-state index contributed by atoms with van der Waals surface area (Å²) in [5.41, 5.74) is -0.472. The van der Waals surface area contributed by atoms with Gasteiger partial charge in [0.15, 0.2) is 5.54 Å². The quantitative estimate of drug-likeness (QED) is 0.879. The molecule has 1 aliphatic rings. The van der Waals surface area contributed by atoms with E-state index >= 15 is 0 Å². The summed E-state index contributed by atoms with van der Waals surface area (Å²) in [6, 6.07) is 1.75. The molecule has 8 heteroatoms. The number of carboxylic acids is 1. The van der Waals surface area contributed by atoms with Gasteiger partial charge in [0, 0.05) is 25.5 Å². The van der Waals surface area contributed by atoms with Crippen molar-refractivity contribution in [3.8, 4) is 0 Å². The van der Waals surface area contributed by atoms with E-state index in [2.05, 4.69) is 10.4 Å².